The van der Waals surface area contributed by atoms with Gasteiger partial charge in [-0.2, -0.15) is 0 Å². The van der Waals surface area contributed by atoms with Gasteiger partial charge in [0.15, 0.2) is 0 Å². The number of anilines is 6. The lowest BCUT2D eigenvalue weighted by Crippen LogP contribution is -2.17. The average molecular weight is 1220 g/mol. The molecule has 0 saturated carbocycles. The van der Waals surface area contributed by atoms with Crippen molar-refractivity contribution in [1.29, 1.82) is 0 Å². The summed E-state index contributed by atoms with van der Waals surface area (Å²) in [5.74, 6) is 0. The summed E-state index contributed by atoms with van der Waals surface area (Å²) < 4.78 is 2.47. The van der Waals surface area contributed by atoms with E-state index >= 15 is 0 Å². The molecule has 0 fully saturated rings. The van der Waals surface area contributed by atoms with Crippen molar-refractivity contribution in [3.8, 4) is 61.3 Å². The first-order valence-electron chi connectivity index (χ1n) is 32.4. The summed E-state index contributed by atoms with van der Waals surface area (Å²) in [6, 6.07) is 103. The number of aromatic nitrogens is 1. The van der Waals surface area contributed by atoms with E-state index in [1.165, 1.54) is 38.6 Å². The number of halogens is 1. The molecular weight excluding hydrogens is 1130 g/mol. The molecule has 13 aromatic rings. The van der Waals surface area contributed by atoms with Crippen LogP contribution in [0.2, 0.25) is 5.02 Å². The first-order chi connectivity index (χ1) is 44.1. The van der Waals surface area contributed by atoms with Gasteiger partial charge in [0.2, 0.25) is 0 Å². The molecule has 0 aliphatic heterocycles. The molecule has 0 bridgehead atoms. The van der Waals surface area contributed by atoms with Crippen molar-refractivity contribution >= 4 is 67.5 Å². The Kier molecular flexibility index (Phi) is 16.1. The van der Waals surface area contributed by atoms with Crippen LogP contribution >= 0.6 is 11.6 Å². The molecule has 0 spiro atoms. The molecule has 456 valence electrons. The zero-order chi connectivity index (χ0) is 64.3. The van der Waals surface area contributed by atoms with Gasteiger partial charge in [0.1, 0.15) is 0 Å². The molecule has 0 N–H and O–H groups in total. The highest BCUT2D eigenvalue weighted by molar-refractivity contribution is 6.31. The van der Waals surface area contributed by atoms with Crippen molar-refractivity contribution in [2.45, 2.75) is 105 Å². The molecule has 0 aliphatic rings. The Hall–Kier alpha value is -9.67. The fourth-order valence-electron chi connectivity index (χ4n) is 13.1. The second kappa shape index (κ2) is 24.2. The first-order valence-corrected chi connectivity index (χ1v) is 32.8. The third-order valence-corrected chi connectivity index (χ3v) is 18.4. The normalized spacial score (nSPS) is 12.2. The summed E-state index contributed by atoms with van der Waals surface area (Å²) in [4.78, 5) is 4.93. The van der Waals surface area contributed by atoms with Crippen LogP contribution in [0.5, 0.6) is 0 Å². The standard InChI is InChI=1S/C88H82ClN3/c1-85(2,3)65-45-47-81-79(53-65)80-54-66(86(4,5)6)46-48-82(80)92(81)72-40-26-39-71(57-72)91(84-77(61-33-21-15-22-34-61)43-28-44-78(84)62-35-23-16-24-36-62)74-56-69(89)55-73(58-74)90(83-75(59-29-17-13-18-30-59)41-27-42-76(83)60-31-19-14-20-32-60)70-38-25-37-63(51-70)64-49-67(87(7,8)9)52-68(50-64)88(10,11)12/h13-58H,1-12H3. The molecule has 0 amide bonds. The van der Waals surface area contributed by atoms with Gasteiger partial charge in [-0.05, 0) is 150 Å². The Bertz CT molecular complexity index is 4620. The van der Waals surface area contributed by atoms with Gasteiger partial charge in [0, 0.05) is 66.5 Å². The molecule has 0 radical (unpaired) electrons. The summed E-state index contributed by atoms with van der Waals surface area (Å²) in [5, 5.41) is 3.08. The molecular formula is C88H82ClN3. The molecule has 0 saturated heterocycles. The lowest BCUT2D eigenvalue weighted by molar-refractivity contribution is 0.569. The number of hydrogen-bond acceptors (Lipinski definition) is 2. The molecule has 4 heteroatoms. The molecule has 13 rings (SSSR count). The zero-order valence-corrected chi connectivity index (χ0v) is 56.0. The number of benzene rings is 12. The molecule has 0 atom stereocenters. The molecule has 1 heterocycles. The van der Waals surface area contributed by atoms with Crippen LogP contribution in [0.3, 0.4) is 0 Å². The molecule has 3 nitrogen and oxygen atoms in total. The van der Waals surface area contributed by atoms with E-state index in [0.717, 1.165) is 101 Å². The van der Waals surface area contributed by atoms with Crippen LogP contribution in [0.15, 0.2) is 279 Å². The topological polar surface area (TPSA) is 11.4 Å². The van der Waals surface area contributed by atoms with E-state index < -0.39 is 0 Å². The van der Waals surface area contributed by atoms with Crippen LogP contribution in [0.4, 0.5) is 34.1 Å². The van der Waals surface area contributed by atoms with Gasteiger partial charge >= 0.3 is 0 Å². The van der Waals surface area contributed by atoms with Gasteiger partial charge in [-0.3, -0.25) is 0 Å². The number of para-hydroxylation sites is 2. The second-order valence-electron chi connectivity index (χ2n) is 28.9. The Morgan fingerprint density at radius 3 is 0.989 bits per heavy atom. The van der Waals surface area contributed by atoms with Gasteiger partial charge in [0.25, 0.3) is 0 Å². The fourth-order valence-corrected chi connectivity index (χ4v) is 13.3. The Morgan fingerprint density at radius 1 is 0.261 bits per heavy atom. The number of rotatable bonds is 12. The van der Waals surface area contributed by atoms with Crippen LogP contribution in [0, 0.1) is 0 Å². The second-order valence-corrected chi connectivity index (χ2v) is 29.3. The number of nitrogens with zero attached hydrogens (tertiary/aromatic N) is 3. The van der Waals surface area contributed by atoms with Gasteiger partial charge in [-0.15, -0.1) is 0 Å². The number of fused-ring (bicyclic) bond motifs is 3. The minimum absolute atomic E-state index is 0.0393. The monoisotopic (exact) mass is 1220 g/mol. The summed E-state index contributed by atoms with van der Waals surface area (Å²) in [5.41, 5.74) is 25.2. The minimum Gasteiger partial charge on any atom is -0.309 e. The minimum atomic E-state index is -0.0727. The van der Waals surface area contributed by atoms with E-state index in [1.807, 2.05) is 0 Å². The predicted octanol–water partition coefficient (Wildman–Crippen LogP) is 25.9. The van der Waals surface area contributed by atoms with Crippen molar-refractivity contribution in [1.82, 2.24) is 4.57 Å². The van der Waals surface area contributed by atoms with Gasteiger partial charge in [-0.25, -0.2) is 0 Å². The van der Waals surface area contributed by atoms with Crippen molar-refractivity contribution in [2.75, 3.05) is 9.80 Å². The maximum atomic E-state index is 7.94. The van der Waals surface area contributed by atoms with Gasteiger partial charge in [0.05, 0.1) is 22.4 Å². The van der Waals surface area contributed by atoms with E-state index in [-0.39, 0.29) is 21.7 Å². The SMILES string of the molecule is CC(C)(C)c1cc(-c2cccc(N(c3cc(Cl)cc(N(c4cccc(-n5c6ccc(C(C)(C)C)cc6c6cc(C(C)(C)C)ccc65)c4)c4c(-c5ccccc5)cccc4-c4ccccc4)c3)c3c(-c4ccccc4)cccc3-c3ccccc3)c2)cc(C(C)(C)C)c1. The zero-order valence-electron chi connectivity index (χ0n) is 55.3. The molecule has 0 unspecified atom stereocenters. The van der Waals surface area contributed by atoms with Crippen molar-refractivity contribution in [2.24, 2.45) is 0 Å². The summed E-state index contributed by atoms with van der Waals surface area (Å²) in [6.45, 7) is 27.7. The van der Waals surface area contributed by atoms with Crippen LogP contribution in [0.25, 0.3) is 83.1 Å². The van der Waals surface area contributed by atoms with E-state index in [9.17, 15) is 0 Å². The van der Waals surface area contributed by atoms with Crippen LogP contribution in [0.1, 0.15) is 105 Å². The third-order valence-electron chi connectivity index (χ3n) is 18.2. The first kappa shape index (κ1) is 61.2. The lowest BCUT2D eigenvalue weighted by atomic mass is 9.79. The largest absolute Gasteiger partial charge is 0.309 e. The van der Waals surface area contributed by atoms with Crippen molar-refractivity contribution in [3.63, 3.8) is 0 Å². The van der Waals surface area contributed by atoms with E-state index in [2.05, 4.69) is 377 Å². The predicted molar refractivity (Wildman–Crippen MR) is 397 cm³/mol. The maximum Gasteiger partial charge on any atom is 0.0618 e. The van der Waals surface area contributed by atoms with E-state index in [4.69, 9.17) is 11.6 Å². The highest BCUT2D eigenvalue weighted by Gasteiger charge is 2.29. The maximum absolute atomic E-state index is 7.94. The Labute approximate surface area is 550 Å². The fraction of sp³-hybridized carbons (Fsp3) is 0.182. The molecule has 92 heavy (non-hydrogen) atoms. The van der Waals surface area contributed by atoms with Crippen molar-refractivity contribution in [3.05, 3.63) is 306 Å². The smallest absolute Gasteiger partial charge is 0.0618 e. The molecule has 0 aliphatic carbocycles. The van der Waals surface area contributed by atoms with E-state index in [0.29, 0.717) is 5.02 Å². The van der Waals surface area contributed by atoms with Crippen LogP contribution in [-0.4, -0.2) is 4.57 Å². The molecule has 12 aromatic carbocycles. The van der Waals surface area contributed by atoms with Crippen molar-refractivity contribution < 1.29 is 0 Å². The highest BCUT2D eigenvalue weighted by Crippen LogP contribution is 2.53. The highest BCUT2D eigenvalue weighted by atomic mass is 35.5. The van der Waals surface area contributed by atoms with Gasteiger partial charge < -0.3 is 14.4 Å². The van der Waals surface area contributed by atoms with E-state index in [1.54, 1.807) is 0 Å². The third kappa shape index (κ3) is 12.1. The number of hydrogen-bond donors (Lipinski definition) is 0. The Morgan fingerprint density at radius 2 is 0.609 bits per heavy atom. The quantitative estimate of drug-likeness (QED) is 0.121. The Balaban J connectivity index is 1.12. The van der Waals surface area contributed by atoms with Crippen LogP contribution in [-0.2, 0) is 21.7 Å². The molecule has 1 aromatic heterocycles. The van der Waals surface area contributed by atoms with Gasteiger partial charge in [-0.1, -0.05) is 301 Å². The average Bonchev–Trinajstić information content (AvgIpc) is 1.41. The lowest BCUT2D eigenvalue weighted by Gasteiger charge is -2.34. The van der Waals surface area contributed by atoms with Crippen LogP contribution < -0.4 is 9.80 Å². The summed E-state index contributed by atoms with van der Waals surface area (Å²) in [6.07, 6.45) is 0. The summed E-state index contributed by atoms with van der Waals surface area (Å²) >= 11 is 7.94. The summed E-state index contributed by atoms with van der Waals surface area (Å²) in [7, 11) is 0.